The summed E-state index contributed by atoms with van der Waals surface area (Å²) in [6, 6.07) is 28.1. The summed E-state index contributed by atoms with van der Waals surface area (Å²) in [5, 5.41) is 3.54. The highest BCUT2D eigenvalue weighted by molar-refractivity contribution is 6.06. The number of nitrogens with one attached hydrogen (secondary N) is 1. The van der Waals surface area contributed by atoms with Gasteiger partial charge in [-0.05, 0) is 49.2 Å². The monoisotopic (exact) mass is 342 g/mol. The number of carbonyl (C=O) groups is 1. The third-order valence-corrected chi connectivity index (χ3v) is 4.88. The summed E-state index contributed by atoms with van der Waals surface area (Å²) in [4.78, 5) is 15.4. The van der Waals surface area contributed by atoms with Gasteiger partial charge >= 0.3 is 0 Å². The number of anilines is 2. The molecular weight excluding hydrogens is 320 g/mol. The van der Waals surface area contributed by atoms with Crippen LogP contribution in [0.3, 0.4) is 0 Å². The molecule has 0 radical (unpaired) electrons. The van der Waals surface area contributed by atoms with Crippen molar-refractivity contribution in [1.29, 1.82) is 0 Å². The minimum Gasteiger partial charge on any atom is -0.382 e. The second-order valence-electron chi connectivity index (χ2n) is 6.76. The number of carbonyl (C=O) groups excluding carboxylic acids is 1. The molecule has 4 rings (SSSR count). The Balaban J connectivity index is 1.83. The first-order chi connectivity index (χ1) is 12.7. The first kappa shape index (κ1) is 16.4. The summed E-state index contributed by atoms with van der Waals surface area (Å²) in [5.74, 6) is 0.0331. The smallest absolute Gasteiger partial charge is 0.258 e. The lowest BCUT2D eigenvalue weighted by Crippen LogP contribution is -2.40. The molecule has 2 atom stereocenters. The van der Waals surface area contributed by atoms with E-state index in [0.717, 1.165) is 17.8 Å². The van der Waals surface area contributed by atoms with Gasteiger partial charge in [-0.15, -0.1) is 0 Å². The first-order valence-corrected chi connectivity index (χ1v) is 9.03. The van der Waals surface area contributed by atoms with Gasteiger partial charge < -0.3 is 10.2 Å². The number of benzene rings is 3. The van der Waals surface area contributed by atoms with Gasteiger partial charge in [0.1, 0.15) is 0 Å². The molecule has 1 aliphatic heterocycles. The minimum atomic E-state index is -0.00226. The van der Waals surface area contributed by atoms with Gasteiger partial charge in [0, 0.05) is 23.0 Å². The van der Waals surface area contributed by atoms with E-state index in [-0.39, 0.29) is 11.9 Å². The lowest BCUT2D eigenvalue weighted by molar-refractivity contribution is 0.0974. The van der Waals surface area contributed by atoms with E-state index in [1.54, 1.807) is 0 Å². The van der Waals surface area contributed by atoms with Crippen molar-refractivity contribution < 1.29 is 4.79 Å². The Labute approximate surface area is 154 Å². The van der Waals surface area contributed by atoms with Crippen LogP contribution in [0.4, 0.5) is 11.4 Å². The Hall–Kier alpha value is -3.07. The van der Waals surface area contributed by atoms with E-state index in [4.69, 9.17) is 0 Å². The number of para-hydroxylation sites is 2. The SMILES string of the molecule is CC1CC(N(C(=O)c2ccccc2)c2ccccc2)c2ccccc2N1. The molecule has 0 saturated carbocycles. The molecule has 3 aromatic carbocycles. The summed E-state index contributed by atoms with van der Waals surface area (Å²) in [5.41, 5.74) is 3.91. The van der Waals surface area contributed by atoms with E-state index in [0.29, 0.717) is 11.6 Å². The van der Waals surface area contributed by atoms with E-state index in [1.807, 2.05) is 77.7 Å². The average molecular weight is 342 g/mol. The van der Waals surface area contributed by atoms with E-state index in [1.165, 1.54) is 5.56 Å². The van der Waals surface area contributed by atoms with Crippen LogP contribution in [0.1, 0.15) is 35.3 Å². The molecule has 1 aliphatic rings. The topological polar surface area (TPSA) is 32.3 Å². The predicted octanol–water partition coefficient (Wildman–Crippen LogP) is 5.28. The molecule has 3 heteroatoms. The highest BCUT2D eigenvalue weighted by atomic mass is 16.2. The Kier molecular flexibility index (Phi) is 4.44. The number of rotatable bonds is 3. The van der Waals surface area contributed by atoms with Crippen LogP contribution < -0.4 is 10.2 Å². The second kappa shape index (κ2) is 7.04. The summed E-state index contributed by atoms with van der Waals surface area (Å²) in [6.07, 6.45) is 0.866. The summed E-state index contributed by atoms with van der Waals surface area (Å²) >= 11 is 0. The fourth-order valence-electron chi connectivity index (χ4n) is 3.70. The van der Waals surface area contributed by atoms with Crippen LogP contribution >= 0.6 is 0 Å². The minimum absolute atomic E-state index is 0.00226. The largest absolute Gasteiger partial charge is 0.382 e. The van der Waals surface area contributed by atoms with Crippen molar-refractivity contribution in [2.45, 2.75) is 25.4 Å². The maximum atomic E-state index is 13.5. The van der Waals surface area contributed by atoms with Gasteiger partial charge in [-0.1, -0.05) is 54.6 Å². The van der Waals surface area contributed by atoms with E-state index < -0.39 is 0 Å². The summed E-state index contributed by atoms with van der Waals surface area (Å²) in [6.45, 7) is 2.17. The van der Waals surface area contributed by atoms with Gasteiger partial charge in [0.2, 0.25) is 0 Å². The molecular formula is C23H22N2O. The number of hydrogen-bond donors (Lipinski definition) is 1. The normalized spacial score (nSPS) is 18.5. The maximum absolute atomic E-state index is 13.5. The van der Waals surface area contributed by atoms with E-state index >= 15 is 0 Å². The maximum Gasteiger partial charge on any atom is 0.258 e. The van der Waals surface area contributed by atoms with Gasteiger partial charge in [-0.25, -0.2) is 0 Å². The van der Waals surface area contributed by atoms with Gasteiger partial charge in [0.05, 0.1) is 6.04 Å². The molecule has 1 N–H and O–H groups in total. The second-order valence-corrected chi connectivity index (χ2v) is 6.76. The Morgan fingerprint density at radius 1 is 0.885 bits per heavy atom. The molecule has 1 amide bonds. The van der Waals surface area contributed by atoms with Gasteiger partial charge in [0.15, 0.2) is 0 Å². The molecule has 0 spiro atoms. The molecule has 0 fully saturated rings. The quantitative estimate of drug-likeness (QED) is 0.702. The van der Waals surface area contributed by atoms with Crippen LogP contribution in [0.15, 0.2) is 84.9 Å². The lowest BCUT2D eigenvalue weighted by atomic mass is 9.91. The van der Waals surface area contributed by atoms with Crippen molar-refractivity contribution in [2.24, 2.45) is 0 Å². The van der Waals surface area contributed by atoms with Crippen LogP contribution in [0.25, 0.3) is 0 Å². The third-order valence-electron chi connectivity index (χ3n) is 4.88. The first-order valence-electron chi connectivity index (χ1n) is 9.03. The van der Waals surface area contributed by atoms with Gasteiger partial charge in [-0.3, -0.25) is 4.79 Å². The van der Waals surface area contributed by atoms with Crippen LogP contribution in [0.2, 0.25) is 0 Å². The molecule has 1 heterocycles. The summed E-state index contributed by atoms with van der Waals surface area (Å²) in [7, 11) is 0. The number of amides is 1. The lowest BCUT2D eigenvalue weighted by Gasteiger charge is -2.39. The molecule has 130 valence electrons. The molecule has 0 aromatic heterocycles. The standard InChI is InChI=1S/C23H22N2O/c1-17-16-22(20-14-8-9-15-21(20)24-17)25(19-12-6-3-7-13-19)23(26)18-10-4-2-5-11-18/h2-15,17,22,24H,16H2,1H3. The number of hydrogen-bond acceptors (Lipinski definition) is 2. The van der Waals surface area contributed by atoms with Crippen LogP contribution in [-0.4, -0.2) is 11.9 Å². The van der Waals surface area contributed by atoms with Crippen LogP contribution in [-0.2, 0) is 0 Å². The van der Waals surface area contributed by atoms with Crippen molar-refractivity contribution in [3.63, 3.8) is 0 Å². The fraction of sp³-hybridized carbons (Fsp3) is 0.174. The van der Waals surface area contributed by atoms with Crippen molar-refractivity contribution in [2.75, 3.05) is 10.2 Å². The van der Waals surface area contributed by atoms with Gasteiger partial charge in [-0.2, -0.15) is 0 Å². The summed E-state index contributed by atoms with van der Waals surface area (Å²) < 4.78 is 0. The van der Waals surface area contributed by atoms with Crippen molar-refractivity contribution in [3.05, 3.63) is 96.1 Å². The Morgan fingerprint density at radius 3 is 2.23 bits per heavy atom. The van der Waals surface area contributed by atoms with Gasteiger partial charge in [0.25, 0.3) is 5.91 Å². The number of nitrogens with zero attached hydrogens (tertiary/aromatic N) is 1. The molecule has 2 unspecified atom stereocenters. The average Bonchev–Trinajstić information content (AvgIpc) is 2.69. The molecule has 0 saturated heterocycles. The zero-order chi connectivity index (χ0) is 17.9. The van der Waals surface area contributed by atoms with Crippen molar-refractivity contribution in [3.8, 4) is 0 Å². The van der Waals surface area contributed by atoms with E-state index in [9.17, 15) is 4.79 Å². The Bertz CT molecular complexity index is 892. The van der Waals surface area contributed by atoms with Crippen LogP contribution in [0, 0.1) is 0 Å². The fourth-order valence-corrected chi connectivity index (χ4v) is 3.70. The molecule has 0 aliphatic carbocycles. The Morgan fingerprint density at radius 2 is 1.50 bits per heavy atom. The molecule has 26 heavy (non-hydrogen) atoms. The zero-order valence-corrected chi connectivity index (χ0v) is 14.8. The van der Waals surface area contributed by atoms with Crippen molar-refractivity contribution in [1.82, 2.24) is 0 Å². The highest BCUT2D eigenvalue weighted by Crippen LogP contribution is 2.39. The predicted molar refractivity (Wildman–Crippen MR) is 107 cm³/mol. The van der Waals surface area contributed by atoms with E-state index in [2.05, 4.69) is 24.4 Å². The highest BCUT2D eigenvalue weighted by Gasteiger charge is 2.33. The molecule has 0 bridgehead atoms. The van der Waals surface area contributed by atoms with Crippen LogP contribution in [0.5, 0.6) is 0 Å². The molecule has 3 aromatic rings. The number of fused-ring (bicyclic) bond motifs is 1. The third kappa shape index (κ3) is 3.08. The zero-order valence-electron chi connectivity index (χ0n) is 14.8. The molecule has 3 nitrogen and oxygen atoms in total. The van der Waals surface area contributed by atoms with Crippen molar-refractivity contribution >= 4 is 17.3 Å².